The van der Waals surface area contributed by atoms with Crippen LogP contribution in [0.1, 0.15) is 25.0 Å². The van der Waals surface area contributed by atoms with Gasteiger partial charge in [0.1, 0.15) is 0 Å². The lowest BCUT2D eigenvalue weighted by Crippen LogP contribution is -2.14. The van der Waals surface area contributed by atoms with Crippen molar-refractivity contribution in [3.05, 3.63) is 193 Å². The third-order valence-corrected chi connectivity index (χ3v) is 11.1. The van der Waals surface area contributed by atoms with Crippen LogP contribution in [0.2, 0.25) is 0 Å². The van der Waals surface area contributed by atoms with Crippen molar-refractivity contribution in [1.29, 1.82) is 0 Å². The van der Waals surface area contributed by atoms with Crippen LogP contribution in [0, 0.1) is 0 Å². The minimum atomic E-state index is -0.106. The lowest BCUT2D eigenvalue weighted by atomic mass is 9.80. The first kappa shape index (κ1) is 31.1. The molecule has 9 aromatic rings. The maximum atomic E-state index is 5.36. The van der Waals surface area contributed by atoms with Crippen molar-refractivity contribution >= 4 is 21.5 Å². The molecule has 0 saturated carbocycles. The Hall–Kier alpha value is -6.64. The minimum Gasteiger partial charge on any atom is -0.228 e. The summed E-state index contributed by atoms with van der Waals surface area (Å²) < 4.78 is 0. The van der Waals surface area contributed by atoms with E-state index in [0.29, 0.717) is 5.82 Å². The average molecular weight is 677 g/mol. The molecule has 0 amide bonds. The molecule has 2 nitrogen and oxygen atoms in total. The van der Waals surface area contributed by atoms with E-state index in [4.69, 9.17) is 9.97 Å². The van der Waals surface area contributed by atoms with E-state index in [0.717, 1.165) is 33.5 Å². The monoisotopic (exact) mass is 676 g/mol. The molecule has 0 radical (unpaired) electrons. The fourth-order valence-corrected chi connectivity index (χ4v) is 8.48. The molecule has 53 heavy (non-hydrogen) atoms. The maximum Gasteiger partial charge on any atom is 0.160 e. The summed E-state index contributed by atoms with van der Waals surface area (Å²) in [6.45, 7) is 4.72. The topological polar surface area (TPSA) is 25.8 Å². The number of aromatic nitrogens is 2. The van der Waals surface area contributed by atoms with Gasteiger partial charge in [-0.2, -0.15) is 0 Å². The highest BCUT2D eigenvalue weighted by molar-refractivity contribution is 6.22. The van der Waals surface area contributed by atoms with Crippen molar-refractivity contribution in [1.82, 2.24) is 9.97 Å². The summed E-state index contributed by atoms with van der Waals surface area (Å²) >= 11 is 0. The van der Waals surface area contributed by atoms with Gasteiger partial charge in [0.25, 0.3) is 0 Å². The molecule has 0 N–H and O–H groups in total. The molecule has 0 aliphatic heterocycles. The van der Waals surface area contributed by atoms with Gasteiger partial charge in [-0.3, -0.25) is 0 Å². The number of hydrogen-bond acceptors (Lipinski definition) is 2. The second kappa shape index (κ2) is 12.3. The Kier molecular flexibility index (Phi) is 7.19. The lowest BCUT2D eigenvalue weighted by Gasteiger charge is -2.23. The molecule has 0 atom stereocenters. The largest absolute Gasteiger partial charge is 0.228 e. The van der Waals surface area contributed by atoms with Crippen LogP contribution in [0.25, 0.3) is 88.8 Å². The second-order valence-corrected chi connectivity index (χ2v) is 14.5. The Morgan fingerprint density at radius 3 is 1.62 bits per heavy atom. The number of benzene rings is 8. The van der Waals surface area contributed by atoms with Crippen molar-refractivity contribution < 1.29 is 0 Å². The zero-order valence-electron chi connectivity index (χ0n) is 29.7. The Balaban J connectivity index is 1.30. The zero-order chi connectivity index (χ0) is 35.5. The van der Waals surface area contributed by atoms with Crippen molar-refractivity contribution in [2.75, 3.05) is 0 Å². The molecule has 0 unspecified atom stereocenters. The van der Waals surface area contributed by atoms with Gasteiger partial charge in [-0.15, -0.1) is 0 Å². The van der Waals surface area contributed by atoms with E-state index in [-0.39, 0.29) is 5.41 Å². The smallest absolute Gasteiger partial charge is 0.160 e. The number of rotatable bonds is 5. The quantitative estimate of drug-likeness (QED) is 0.170. The third kappa shape index (κ3) is 5.10. The lowest BCUT2D eigenvalue weighted by molar-refractivity contribution is 0.660. The number of nitrogens with zero attached hydrogens (tertiary/aromatic N) is 2. The van der Waals surface area contributed by atoms with Crippen LogP contribution in [-0.4, -0.2) is 9.97 Å². The van der Waals surface area contributed by atoms with Crippen LogP contribution >= 0.6 is 0 Å². The van der Waals surface area contributed by atoms with E-state index >= 15 is 0 Å². The molecule has 1 heterocycles. The second-order valence-electron chi connectivity index (χ2n) is 14.5. The van der Waals surface area contributed by atoms with Crippen molar-refractivity contribution in [2.24, 2.45) is 0 Å². The summed E-state index contributed by atoms with van der Waals surface area (Å²) in [5.74, 6) is 0.713. The van der Waals surface area contributed by atoms with E-state index in [2.05, 4.69) is 184 Å². The van der Waals surface area contributed by atoms with E-state index in [1.165, 1.54) is 60.7 Å². The van der Waals surface area contributed by atoms with Crippen molar-refractivity contribution in [3.8, 4) is 67.3 Å². The van der Waals surface area contributed by atoms with Gasteiger partial charge in [0, 0.05) is 22.1 Å². The van der Waals surface area contributed by atoms with Crippen LogP contribution < -0.4 is 0 Å². The van der Waals surface area contributed by atoms with Gasteiger partial charge in [-0.25, -0.2) is 9.97 Å². The van der Waals surface area contributed by atoms with Gasteiger partial charge >= 0.3 is 0 Å². The summed E-state index contributed by atoms with van der Waals surface area (Å²) in [6.07, 6.45) is 0. The standard InChI is InChI=1S/C51H36N2/c1-51(2)44-25-15-14-22-38(44)39-28-27-37(31-45(39)51)48-40-23-12-13-24-41(40)49(42-29-26-36(30-43(42)48)33-16-6-3-7-17-33)47-32-46(34-18-8-4-9-19-34)52-50(53-47)35-20-10-5-11-21-35/h3-32H,1-2H3. The van der Waals surface area contributed by atoms with Crippen molar-refractivity contribution in [2.45, 2.75) is 19.3 Å². The molecular formula is C51H36N2. The van der Waals surface area contributed by atoms with Gasteiger partial charge in [0.2, 0.25) is 0 Å². The molecule has 8 aromatic carbocycles. The Bertz CT molecular complexity index is 2780. The summed E-state index contributed by atoms with van der Waals surface area (Å²) in [5, 5.41) is 4.74. The summed E-state index contributed by atoms with van der Waals surface area (Å²) in [6, 6.07) is 65.5. The molecule has 0 saturated heterocycles. The molecule has 2 heteroatoms. The third-order valence-electron chi connectivity index (χ3n) is 11.1. The molecule has 250 valence electrons. The molecule has 10 rings (SSSR count). The fourth-order valence-electron chi connectivity index (χ4n) is 8.48. The molecule has 0 spiro atoms. The fraction of sp³-hybridized carbons (Fsp3) is 0.0588. The highest BCUT2D eigenvalue weighted by Crippen LogP contribution is 2.51. The predicted octanol–water partition coefficient (Wildman–Crippen LogP) is 13.4. The normalized spacial score (nSPS) is 12.9. The highest BCUT2D eigenvalue weighted by atomic mass is 14.9. The van der Waals surface area contributed by atoms with Crippen LogP contribution in [-0.2, 0) is 5.41 Å². The zero-order valence-corrected chi connectivity index (χ0v) is 29.7. The first-order chi connectivity index (χ1) is 26.0. The first-order valence-electron chi connectivity index (χ1n) is 18.3. The van der Waals surface area contributed by atoms with Crippen molar-refractivity contribution in [3.63, 3.8) is 0 Å². The van der Waals surface area contributed by atoms with E-state index in [9.17, 15) is 0 Å². The maximum absolute atomic E-state index is 5.36. The van der Waals surface area contributed by atoms with Crippen LogP contribution in [0.5, 0.6) is 0 Å². The van der Waals surface area contributed by atoms with E-state index in [1.807, 2.05) is 12.1 Å². The Morgan fingerprint density at radius 2 is 0.887 bits per heavy atom. The average Bonchev–Trinajstić information content (AvgIpc) is 3.45. The van der Waals surface area contributed by atoms with Gasteiger partial charge in [-0.1, -0.05) is 178 Å². The number of hydrogen-bond donors (Lipinski definition) is 0. The summed E-state index contributed by atoms with van der Waals surface area (Å²) in [5.41, 5.74) is 15.1. The van der Waals surface area contributed by atoms with Crippen LogP contribution in [0.4, 0.5) is 0 Å². The molecule has 1 aliphatic rings. The first-order valence-corrected chi connectivity index (χ1v) is 18.3. The summed E-state index contributed by atoms with van der Waals surface area (Å²) in [7, 11) is 0. The SMILES string of the molecule is CC1(C)c2ccccc2-c2ccc(-c3c4ccccc4c(-c4cc(-c5ccccc5)nc(-c5ccccc5)n4)c4ccc(-c5ccccc5)cc34)cc21. The van der Waals surface area contributed by atoms with Gasteiger partial charge in [0.15, 0.2) is 5.82 Å². The van der Waals surface area contributed by atoms with E-state index < -0.39 is 0 Å². The molecule has 0 fully saturated rings. The van der Waals surface area contributed by atoms with Crippen LogP contribution in [0.3, 0.4) is 0 Å². The molecule has 1 aliphatic carbocycles. The summed E-state index contributed by atoms with van der Waals surface area (Å²) in [4.78, 5) is 10.5. The number of fused-ring (bicyclic) bond motifs is 5. The van der Waals surface area contributed by atoms with Gasteiger partial charge < -0.3 is 0 Å². The Morgan fingerprint density at radius 1 is 0.340 bits per heavy atom. The molecular weight excluding hydrogens is 641 g/mol. The van der Waals surface area contributed by atoms with Gasteiger partial charge in [-0.05, 0) is 84.3 Å². The molecule has 1 aromatic heterocycles. The van der Waals surface area contributed by atoms with E-state index in [1.54, 1.807) is 0 Å². The van der Waals surface area contributed by atoms with Gasteiger partial charge in [0.05, 0.1) is 11.4 Å². The minimum absolute atomic E-state index is 0.106. The predicted molar refractivity (Wildman–Crippen MR) is 222 cm³/mol. The molecule has 0 bridgehead atoms. The van der Waals surface area contributed by atoms with Crippen LogP contribution in [0.15, 0.2) is 182 Å². The Labute approximate surface area is 310 Å². The highest BCUT2D eigenvalue weighted by Gasteiger charge is 2.35.